The first-order valence-corrected chi connectivity index (χ1v) is 11.5. The van der Waals surface area contributed by atoms with Gasteiger partial charge in [-0.25, -0.2) is 4.90 Å². The van der Waals surface area contributed by atoms with E-state index in [0.29, 0.717) is 34.5 Å². The molecule has 3 aromatic rings. The standard InChI is InChI=1S/C23H24N4O3S/c1-4-5-14-30-19-13-9-7-11-17(19)22-26(15(2)28)18-12-8-6-10-16(18)20-21(29)24-23(31-3)25-27(20)22/h6-13,22H,4-5,14H2,1-3H3/p+1. The molecule has 2 heterocycles. The molecular weight excluding hydrogens is 412 g/mol. The molecule has 1 amide bonds. The van der Waals surface area contributed by atoms with Crippen LogP contribution in [0.3, 0.4) is 0 Å². The van der Waals surface area contributed by atoms with Crippen LogP contribution in [0.2, 0.25) is 0 Å². The van der Waals surface area contributed by atoms with Crippen LogP contribution in [0.5, 0.6) is 5.75 Å². The van der Waals surface area contributed by atoms with Gasteiger partial charge in [0.05, 0.1) is 23.4 Å². The summed E-state index contributed by atoms with van der Waals surface area (Å²) >= 11 is 1.34. The zero-order valence-corrected chi connectivity index (χ0v) is 18.6. The Hall–Kier alpha value is -3.13. The van der Waals surface area contributed by atoms with E-state index in [4.69, 9.17) is 9.84 Å². The fraction of sp³-hybridized carbons (Fsp3) is 0.304. The lowest BCUT2D eigenvalue weighted by atomic mass is 10.0. The summed E-state index contributed by atoms with van der Waals surface area (Å²) in [7, 11) is 0. The number of benzene rings is 2. The van der Waals surface area contributed by atoms with E-state index < -0.39 is 6.17 Å². The largest absolute Gasteiger partial charge is 0.493 e. The van der Waals surface area contributed by atoms with Crippen LogP contribution in [0.15, 0.2) is 58.5 Å². The Labute approximate surface area is 185 Å². The lowest BCUT2D eigenvalue weighted by molar-refractivity contribution is -0.763. The molecule has 1 aliphatic rings. The minimum atomic E-state index is -0.645. The number of hydrogen-bond donors (Lipinski definition) is 1. The molecule has 0 fully saturated rings. The Kier molecular flexibility index (Phi) is 6.08. The second-order valence-corrected chi connectivity index (χ2v) is 8.07. The average molecular weight is 438 g/mol. The smallest absolute Gasteiger partial charge is 0.325 e. The van der Waals surface area contributed by atoms with Gasteiger partial charge < -0.3 is 4.74 Å². The molecule has 2 aromatic carbocycles. The predicted molar refractivity (Wildman–Crippen MR) is 120 cm³/mol. The number of hydrogen-bond acceptors (Lipinski definition) is 5. The molecule has 1 atom stereocenters. The molecule has 1 aliphatic heterocycles. The van der Waals surface area contributed by atoms with Crippen molar-refractivity contribution in [1.29, 1.82) is 0 Å². The van der Waals surface area contributed by atoms with Gasteiger partial charge in [-0.15, -0.1) is 0 Å². The number of ether oxygens (including phenoxy) is 1. The highest BCUT2D eigenvalue weighted by Gasteiger charge is 2.45. The number of aromatic nitrogens is 3. The highest BCUT2D eigenvalue weighted by molar-refractivity contribution is 7.98. The fourth-order valence-electron chi connectivity index (χ4n) is 3.84. The van der Waals surface area contributed by atoms with Gasteiger partial charge in [-0.2, -0.15) is 0 Å². The molecule has 0 aliphatic carbocycles. The number of thioether (sulfide) groups is 1. The molecule has 0 spiro atoms. The SMILES string of the molecule is CCCCOc1ccccc1C1N(C(C)=O)c2ccccc2-c2c(=O)[nH]c(SC)n[n+]21. The van der Waals surface area contributed by atoms with Crippen LogP contribution in [0.4, 0.5) is 5.69 Å². The summed E-state index contributed by atoms with van der Waals surface area (Å²) in [4.78, 5) is 30.5. The maximum absolute atomic E-state index is 13.1. The molecule has 1 N–H and O–H groups in total. The Morgan fingerprint density at radius 1 is 1.23 bits per heavy atom. The first-order valence-electron chi connectivity index (χ1n) is 10.3. The maximum atomic E-state index is 13.1. The molecule has 0 radical (unpaired) electrons. The van der Waals surface area contributed by atoms with Crippen LogP contribution in [-0.4, -0.2) is 28.9 Å². The van der Waals surface area contributed by atoms with Gasteiger partial charge in [0.1, 0.15) is 5.75 Å². The predicted octanol–water partition coefficient (Wildman–Crippen LogP) is 3.54. The normalized spacial score (nSPS) is 14.7. The van der Waals surface area contributed by atoms with Crippen molar-refractivity contribution in [2.24, 2.45) is 0 Å². The summed E-state index contributed by atoms with van der Waals surface area (Å²) in [6, 6.07) is 15.0. The van der Waals surface area contributed by atoms with Crippen molar-refractivity contribution >= 4 is 23.4 Å². The molecule has 160 valence electrons. The van der Waals surface area contributed by atoms with Crippen molar-refractivity contribution in [3.05, 3.63) is 64.4 Å². The maximum Gasteiger partial charge on any atom is 0.325 e. The minimum Gasteiger partial charge on any atom is -0.493 e. The van der Waals surface area contributed by atoms with Crippen molar-refractivity contribution in [2.45, 2.75) is 38.0 Å². The Morgan fingerprint density at radius 3 is 2.71 bits per heavy atom. The molecule has 7 nitrogen and oxygen atoms in total. The fourth-order valence-corrected chi connectivity index (χ4v) is 4.20. The number of unbranched alkanes of at least 4 members (excludes halogenated alkanes) is 1. The van der Waals surface area contributed by atoms with E-state index in [1.165, 1.54) is 18.7 Å². The summed E-state index contributed by atoms with van der Waals surface area (Å²) < 4.78 is 7.73. The zero-order chi connectivity index (χ0) is 22.0. The molecular formula is C23H25N4O3S+. The van der Waals surface area contributed by atoms with Crippen LogP contribution in [0.25, 0.3) is 11.3 Å². The molecule has 0 saturated heterocycles. The lowest BCUT2D eigenvalue weighted by Gasteiger charge is -2.31. The number of nitrogens with zero attached hydrogens (tertiary/aromatic N) is 3. The minimum absolute atomic E-state index is 0.147. The van der Waals surface area contributed by atoms with E-state index in [1.54, 1.807) is 9.58 Å². The van der Waals surface area contributed by atoms with Crippen molar-refractivity contribution in [1.82, 2.24) is 10.1 Å². The molecule has 0 bridgehead atoms. The van der Waals surface area contributed by atoms with Gasteiger partial charge in [-0.05, 0) is 41.6 Å². The quantitative estimate of drug-likeness (QED) is 0.363. The second-order valence-electron chi connectivity index (χ2n) is 7.28. The summed E-state index contributed by atoms with van der Waals surface area (Å²) in [5.41, 5.74) is 2.29. The third kappa shape index (κ3) is 3.83. The number of amides is 1. The molecule has 1 aromatic heterocycles. The first kappa shape index (κ1) is 21.1. The number of para-hydroxylation sites is 2. The van der Waals surface area contributed by atoms with Gasteiger partial charge in [0.25, 0.3) is 6.17 Å². The van der Waals surface area contributed by atoms with Gasteiger partial charge in [0.2, 0.25) is 11.1 Å². The highest BCUT2D eigenvalue weighted by Crippen LogP contribution is 2.39. The van der Waals surface area contributed by atoms with Crippen LogP contribution in [0, 0.1) is 0 Å². The van der Waals surface area contributed by atoms with Crippen LogP contribution < -0.4 is 19.9 Å². The van der Waals surface area contributed by atoms with Gasteiger partial charge in [-0.1, -0.05) is 49.4 Å². The lowest BCUT2D eigenvalue weighted by Crippen LogP contribution is -2.60. The van der Waals surface area contributed by atoms with Gasteiger partial charge in [0.15, 0.2) is 0 Å². The number of H-pyrrole nitrogens is 1. The Morgan fingerprint density at radius 2 is 1.97 bits per heavy atom. The van der Waals surface area contributed by atoms with E-state index in [9.17, 15) is 9.59 Å². The third-order valence-corrected chi connectivity index (χ3v) is 5.81. The number of anilines is 1. The number of carbonyl (C=O) groups excluding carboxylic acids is 1. The van der Waals surface area contributed by atoms with Crippen molar-refractivity contribution in [3.8, 4) is 17.0 Å². The van der Waals surface area contributed by atoms with Gasteiger partial charge in [0, 0.05) is 12.0 Å². The molecule has 4 rings (SSSR count). The summed E-state index contributed by atoms with van der Waals surface area (Å²) in [6.45, 7) is 4.21. The van der Waals surface area contributed by atoms with E-state index in [0.717, 1.165) is 18.4 Å². The van der Waals surface area contributed by atoms with Gasteiger partial charge in [-0.3, -0.25) is 14.6 Å². The van der Waals surface area contributed by atoms with E-state index >= 15 is 0 Å². The topological polar surface area (TPSA) is 79.2 Å². The highest BCUT2D eigenvalue weighted by atomic mass is 32.2. The Balaban J connectivity index is 2.00. The van der Waals surface area contributed by atoms with E-state index in [1.807, 2.05) is 54.8 Å². The van der Waals surface area contributed by atoms with Gasteiger partial charge >= 0.3 is 11.3 Å². The van der Waals surface area contributed by atoms with Crippen LogP contribution in [-0.2, 0) is 4.79 Å². The first-order chi connectivity index (χ1) is 15.1. The summed E-state index contributed by atoms with van der Waals surface area (Å²) in [5, 5.41) is 5.17. The summed E-state index contributed by atoms with van der Waals surface area (Å²) in [6.07, 6.45) is 3.15. The van der Waals surface area contributed by atoms with E-state index in [2.05, 4.69) is 11.9 Å². The molecule has 31 heavy (non-hydrogen) atoms. The van der Waals surface area contributed by atoms with Crippen molar-refractivity contribution < 1.29 is 14.2 Å². The van der Waals surface area contributed by atoms with E-state index in [-0.39, 0.29) is 11.5 Å². The number of fused-ring (bicyclic) bond motifs is 3. The number of nitrogens with one attached hydrogen (secondary N) is 1. The Bertz CT molecular complexity index is 1180. The third-order valence-electron chi connectivity index (χ3n) is 5.24. The summed E-state index contributed by atoms with van der Waals surface area (Å²) in [5.74, 6) is 0.532. The molecule has 1 unspecified atom stereocenters. The van der Waals surface area contributed by atoms with Crippen molar-refractivity contribution in [2.75, 3.05) is 17.8 Å². The number of carbonyl (C=O) groups is 1. The average Bonchev–Trinajstić information content (AvgIpc) is 2.78. The van der Waals surface area contributed by atoms with Crippen LogP contribution in [0.1, 0.15) is 38.4 Å². The van der Waals surface area contributed by atoms with Crippen LogP contribution >= 0.6 is 11.8 Å². The second kappa shape index (κ2) is 8.93. The number of rotatable bonds is 6. The monoisotopic (exact) mass is 437 g/mol. The molecule has 8 heteroatoms. The zero-order valence-electron chi connectivity index (χ0n) is 17.8. The molecule has 0 saturated carbocycles. The van der Waals surface area contributed by atoms with Crippen molar-refractivity contribution in [3.63, 3.8) is 0 Å². The number of aromatic amines is 1.